The molecule has 0 fully saturated rings. The summed E-state index contributed by atoms with van der Waals surface area (Å²) >= 11 is 0. The first kappa shape index (κ1) is 32.4. The predicted octanol–water partition coefficient (Wildman–Crippen LogP) is 6.72. The van der Waals surface area contributed by atoms with Gasteiger partial charge in [-0.15, -0.1) is 0 Å². The van der Waals surface area contributed by atoms with E-state index in [1.807, 2.05) is 109 Å². The summed E-state index contributed by atoms with van der Waals surface area (Å²) in [6, 6.07) is 61.1. The zero-order chi connectivity index (χ0) is 27.7. The Balaban J connectivity index is 0.000000220. The summed E-state index contributed by atoms with van der Waals surface area (Å²) in [6.45, 7) is 0. The van der Waals surface area contributed by atoms with Crippen LogP contribution in [0.3, 0.4) is 0 Å². The van der Waals surface area contributed by atoms with Crippen molar-refractivity contribution in [3.8, 4) is 0 Å². The standard InChI is InChI=1S/2C18H16NP.2B/c2*19-20(16-10-4-1-5-11-16,17-12-6-2-7-13-17)18-14-8-3-9-15-18;;/h2*1-15,19H;;. The van der Waals surface area contributed by atoms with Gasteiger partial charge in [-0.2, -0.15) is 0 Å². The van der Waals surface area contributed by atoms with Gasteiger partial charge >= 0.3 is 0 Å². The molecule has 0 spiro atoms. The molecule has 0 aromatic heterocycles. The average molecular weight is 576 g/mol. The highest BCUT2D eigenvalue weighted by atomic mass is 31.2. The van der Waals surface area contributed by atoms with Crippen LogP contribution in [0.1, 0.15) is 0 Å². The maximum atomic E-state index is 9.25. The van der Waals surface area contributed by atoms with Crippen molar-refractivity contribution in [2.24, 2.45) is 0 Å². The fraction of sp³-hybridized carbons (Fsp3) is 0. The summed E-state index contributed by atoms with van der Waals surface area (Å²) in [6.07, 6.45) is 0. The monoisotopic (exact) mass is 576 g/mol. The van der Waals surface area contributed by atoms with Gasteiger partial charge in [0.2, 0.25) is 0 Å². The van der Waals surface area contributed by atoms with Crippen molar-refractivity contribution in [1.29, 1.82) is 10.3 Å². The lowest BCUT2D eigenvalue weighted by atomic mass is 10.4. The molecule has 2 N–H and O–H groups in total. The molecule has 0 amide bonds. The Morgan fingerprint density at radius 3 is 0.476 bits per heavy atom. The number of benzene rings is 6. The first-order valence-electron chi connectivity index (χ1n) is 13.3. The molecule has 6 rings (SSSR count). The summed E-state index contributed by atoms with van der Waals surface area (Å²) < 4.78 is 0. The fourth-order valence-electron chi connectivity index (χ4n) is 4.80. The Bertz CT molecular complexity index is 1380. The van der Waals surface area contributed by atoms with Gasteiger partial charge in [0.15, 0.2) is 0 Å². The van der Waals surface area contributed by atoms with Crippen LogP contribution in [0.15, 0.2) is 182 Å². The van der Waals surface area contributed by atoms with Crippen LogP contribution < -0.4 is 31.8 Å². The quantitative estimate of drug-likeness (QED) is 0.163. The number of hydrogen-bond acceptors (Lipinski definition) is 2. The second-order valence-corrected chi connectivity index (χ2v) is 15.1. The van der Waals surface area contributed by atoms with E-state index in [4.69, 9.17) is 0 Å². The van der Waals surface area contributed by atoms with E-state index in [0.717, 1.165) is 31.8 Å². The SMILES string of the molecule is N=P(c1ccccc1)(c1ccccc1)c1ccccc1.N=P(c1ccccc1)(c1ccccc1)c1ccccc1.[B].[B]. The highest BCUT2D eigenvalue weighted by Gasteiger charge is 2.25. The minimum atomic E-state index is -2.28. The van der Waals surface area contributed by atoms with E-state index in [0.29, 0.717) is 0 Å². The van der Waals surface area contributed by atoms with E-state index in [1.165, 1.54) is 0 Å². The second-order valence-electron chi connectivity index (χ2n) is 9.35. The van der Waals surface area contributed by atoms with Crippen molar-refractivity contribution in [2.75, 3.05) is 0 Å². The second kappa shape index (κ2) is 15.2. The molecule has 0 aliphatic heterocycles. The third kappa shape index (κ3) is 6.85. The van der Waals surface area contributed by atoms with Gasteiger partial charge in [0.25, 0.3) is 0 Å². The molecular weight excluding hydrogens is 544 g/mol. The molecule has 0 atom stereocenters. The highest BCUT2D eigenvalue weighted by Crippen LogP contribution is 2.43. The van der Waals surface area contributed by atoms with Crippen LogP contribution in [-0.2, 0) is 0 Å². The number of nitrogens with one attached hydrogen (secondary N) is 2. The zero-order valence-corrected chi connectivity index (χ0v) is 25.2. The average Bonchev–Trinajstić information content (AvgIpc) is 3.07. The van der Waals surface area contributed by atoms with E-state index < -0.39 is 14.1 Å². The van der Waals surface area contributed by atoms with Gasteiger partial charge in [-0.25, -0.2) is 0 Å². The van der Waals surface area contributed by atoms with E-state index in [-0.39, 0.29) is 16.8 Å². The minimum Gasteiger partial charge on any atom is -0.305 e. The first-order chi connectivity index (χ1) is 19.6. The number of hydrogen-bond donors (Lipinski definition) is 2. The van der Waals surface area contributed by atoms with Crippen LogP contribution in [-0.4, -0.2) is 16.8 Å². The molecule has 0 saturated heterocycles. The molecule has 6 radical (unpaired) electrons. The first-order valence-corrected chi connectivity index (χ1v) is 16.8. The normalized spacial score (nSPS) is 10.7. The lowest BCUT2D eigenvalue weighted by molar-refractivity contribution is 1.59. The van der Waals surface area contributed by atoms with Crippen LogP contribution in [0.25, 0.3) is 0 Å². The van der Waals surface area contributed by atoms with E-state index in [2.05, 4.69) is 72.8 Å². The van der Waals surface area contributed by atoms with Gasteiger partial charge in [-0.1, -0.05) is 182 Å². The van der Waals surface area contributed by atoms with E-state index in [1.54, 1.807) is 0 Å². The minimum absolute atomic E-state index is 0. The van der Waals surface area contributed by atoms with Gasteiger partial charge in [0.05, 0.1) is 14.1 Å². The smallest absolute Gasteiger partial charge is 0.0512 e. The summed E-state index contributed by atoms with van der Waals surface area (Å²) in [5.74, 6) is 0. The van der Waals surface area contributed by atoms with Crippen LogP contribution in [0.2, 0.25) is 0 Å². The topological polar surface area (TPSA) is 47.7 Å². The molecule has 0 heterocycles. The van der Waals surface area contributed by atoms with Crippen LogP contribution in [0.5, 0.6) is 0 Å². The lowest BCUT2D eigenvalue weighted by Gasteiger charge is -2.24. The number of rotatable bonds is 6. The Morgan fingerprint density at radius 2 is 0.357 bits per heavy atom. The molecule has 0 aliphatic carbocycles. The molecule has 6 heteroatoms. The van der Waals surface area contributed by atoms with Crippen molar-refractivity contribution >= 4 is 62.8 Å². The Morgan fingerprint density at radius 1 is 0.238 bits per heavy atom. The zero-order valence-electron chi connectivity index (χ0n) is 23.4. The molecule has 2 nitrogen and oxygen atoms in total. The van der Waals surface area contributed by atoms with Crippen molar-refractivity contribution < 1.29 is 0 Å². The maximum Gasteiger partial charge on any atom is 0.0512 e. The van der Waals surface area contributed by atoms with E-state index >= 15 is 0 Å². The Kier molecular flexibility index (Phi) is 11.8. The van der Waals surface area contributed by atoms with Gasteiger partial charge in [-0.3, -0.25) is 0 Å². The lowest BCUT2D eigenvalue weighted by Crippen LogP contribution is -2.24. The Labute approximate surface area is 254 Å². The van der Waals surface area contributed by atoms with Gasteiger partial charge < -0.3 is 10.3 Å². The molecule has 0 unspecified atom stereocenters. The molecule has 6 aromatic carbocycles. The summed E-state index contributed by atoms with van der Waals surface area (Å²) in [4.78, 5) is 0. The molecule has 42 heavy (non-hydrogen) atoms. The third-order valence-electron chi connectivity index (χ3n) is 6.86. The van der Waals surface area contributed by atoms with Crippen LogP contribution >= 0.6 is 14.1 Å². The van der Waals surface area contributed by atoms with Gasteiger partial charge in [-0.05, 0) is 31.8 Å². The van der Waals surface area contributed by atoms with Crippen molar-refractivity contribution in [3.63, 3.8) is 0 Å². The molecule has 0 bridgehead atoms. The maximum absolute atomic E-state index is 9.25. The summed E-state index contributed by atoms with van der Waals surface area (Å²) in [5, 5.41) is 25.1. The molecule has 0 aliphatic rings. The third-order valence-corrected chi connectivity index (χ3v) is 13.3. The summed E-state index contributed by atoms with van der Waals surface area (Å²) in [7, 11) is -4.55. The van der Waals surface area contributed by atoms with E-state index in [9.17, 15) is 10.3 Å². The van der Waals surface area contributed by atoms with Crippen molar-refractivity contribution in [3.05, 3.63) is 182 Å². The van der Waals surface area contributed by atoms with Gasteiger partial charge in [0.1, 0.15) is 0 Å². The molecular formula is C36H32B2N2P2. The molecule has 6 aromatic rings. The Hall–Kier alpha value is -4.09. The van der Waals surface area contributed by atoms with Gasteiger partial charge in [0, 0.05) is 16.8 Å². The van der Waals surface area contributed by atoms with Crippen LogP contribution in [0, 0.1) is 10.3 Å². The molecule has 0 saturated carbocycles. The molecule has 202 valence electrons. The summed E-state index contributed by atoms with van der Waals surface area (Å²) in [5.41, 5.74) is 0. The van der Waals surface area contributed by atoms with Crippen LogP contribution in [0.4, 0.5) is 0 Å². The highest BCUT2D eigenvalue weighted by molar-refractivity contribution is 7.86. The van der Waals surface area contributed by atoms with Crippen molar-refractivity contribution in [1.82, 2.24) is 0 Å². The largest absolute Gasteiger partial charge is 0.305 e. The fourth-order valence-corrected chi connectivity index (χ4v) is 10.3. The van der Waals surface area contributed by atoms with Crippen molar-refractivity contribution in [2.45, 2.75) is 0 Å². The predicted molar refractivity (Wildman–Crippen MR) is 187 cm³/mol.